The minimum absolute atomic E-state index is 0.0421. The van der Waals surface area contributed by atoms with Gasteiger partial charge in [-0.1, -0.05) is 18.6 Å². The number of benzene rings is 1. The molecule has 1 aromatic carbocycles. The number of piperidine rings is 1. The molecule has 0 spiro atoms. The predicted octanol–water partition coefficient (Wildman–Crippen LogP) is 2.71. The lowest BCUT2D eigenvalue weighted by molar-refractivity contribution is -0.123. The minimum Gasteiger partial charge on any atom is -0.484 e. The van der Waals surface area contributed by atoms with Gasteiger partial charge in [0.25, 0.3) is 5.91 Å². The second-order valence-corrected chi connectivity index (χ2v) is 9.51. The van der Waals surface area contributed by atoms with Gasteiger partial charge in [0.1, 0.15) is 5.75 Å². The molecule has 2 aliphatic rings. The highest BCUT2D eigenvalue weighted by Crippen LogP contribution is 2.21. The number of carbonyl (C=O) groups excluding carboxylic acids is 1. The summed E-state index contributed by atoms with van der Waals surface area (Å²) in [5, 5.41) is 9.75. The standard InChI is InChI=1S/C25H41N5O2/c1-4-26-24(28-19-25(2,3)30-16-6-5-7-17-30)27-15-14-20-8-12-22(13-9-20)32-18-23(31)29-21-10-11-21/h8-9,12-13,21H,4-7,10-11,14-19H2,1-3H3,(H,29,31)(H2,26,27,28). The van der Waals surface area contributed by atoms with Gasteiger partial charge in [0.2, 0.25) is 0 Å². The Morgan fingerprint density at radius 1 is 1.12 bits per heavy atom. The van der Waals surface area contributed by atoms with E-state index in [9.17, 15) is 4.79 Å². The average Bonchev–Trinajstić information content (AvgIpc) is 3.61. The number of likely N-dealkylation sites (tertiary alicyclic amines) is 1. The lowest BCUT2D eigenvalue weighted by Gasteiger charge is -2.40. The van der Waals surface area contributed by atoms with E-state index in [1.165, 1.54) is 37.9 Å². The molecule has 3 rings (SSSR count). The molecule has 3 N–H and O–H groups in total. The number of ether oxygens (including phenoxy) is 1. The Hall–Kier alpha value is -2.28. The Kier molecular flexibility index (Phi) is 9.21. The van der Waals surface area contributed by atoms with Gasteiger partial charge in [0, 0.05) is 24.7 Å². The highest BCUT2D eigenvalue weighted by atomic mass is 16.5. The van der Waals surface area contributed by atoms with Crippen LogP contribution in [-0.4, -0.2) is 67.7 Å². The SMILES string of the molecule is CCNC(=NCC(C)(C)N1CCCCC1)NCCc1ccc(OCC(=O)NC2CC2)cc1. The lowest BCUT2D eigenvalue weighted by Crippen LogP contribution is -2.49. The van der Waals surface area contributed by atoms with Gasteiger partial charge in [-0.2, -0.15) is 0 Å². The van der Waals surface area contributed by atoms with Crippen LogP contribution in [0.3, 0.4) is 0 Å². The van der Waals surface area contributed by atoms with E-state index < -0.39 is 0 Å². The Balaban J connectivity index is 1.41. The van der Waals surface area contributed by atoms with E-state index in [4.69, 9.17) is 9.73 Å². The van der Waals surface area contributed by atoms with Crippen LogP contribution in [0.15, 0.2) is 29.3 Å². The molecule has 1 amide bonds. The molecule has 7 heteroatoms. The zero-order valence-electron chi connectivity index (χ0n) is 20.1. The van der Waals surface area contributed by atoms with Gasteiger partial charge < -0.3 is 20.7 Å². The fourth-order valence-corrected chi connectivity index (χ4v) is 3.94. The molecule has 32 heavy (non-hydrogen) atoms. The number of hydrogen-bond acceptors (Lipinski definition) is 4. The van der Waals surface area contributed by atoms with E-state index in [-0.39, 0.29) is 18.1 Å². The molecule has 178 valence electrons. The second-order valence-electron chi connectivity index (χ2n) is 9.51. The van der Waals surface area contributed by atoms with Crippen LogP contribution >= 0.6 is 0 Å². The third-order valence-electron chi connectivity index (χ3n) is 6.12. The van der Waals surface area contributed by atoms with E-state index in [0.717, 1.165) is 50.6 Å². The van der Waals surface area contributed by atoms with Gasteiger partial charge in [-0.3, -0.25) is 14.7 Å². The van der Waals surface area contributed by atoms with Crippen LogP contribution in [-0.2, 0) is 11.2 Å². The zero-order chi connectivity index (χ0) is 22.8. The maximum Gasteiger partial charge on any atom is 0.258 e. The van der Waals surface area contributed by atoms with Crippen LogP contribution in [0.25, 0.3) is 0 Å². The molecule has 0 atom stereocenters. The average molecular weight is 444 g/mol. The summed E-state index contributed by atoms with van der Waals surface area (Å²) in [7, 11) is 0. The maximum atomic E-state index is 11.7. The minimum atomic E-state index is -0.0421. The third kappa shape index (κ3) is 8.34. The van der Waals surface area contributed by atoms with Crippen molar-refractivity contribution in [2.75, 3.05) is 39.3 Å². The fourth-order valence-electron chi connectivity index (χ4n) is 3.94. The molecule has 0 bridgehead atoms. The van der Waals surface area contributed by atoms with E-state index in [2.05, 4.69) is 53.8 Å². The van der Waals surface area contributed by atoms with Crippen LogP contribution < -0.4 is 20.7 Å². The van der Waals surface area contributed by atoms with Crippen LogP contribution in [0, 0.1) is 0 Å². The first-order valence-corrected chi connectivity index (χ1v) is 12.2. The summed E-state index contributed by atoms with van der Waals surface area (Å²) in [4.78, 5) is 19.2. The highest BCUT2D eigenvalue weighted by molar-refractivity contribution is 5.79. The smallest absolute Gasteiger partial charge is 0.258 e. The summed E-state index contributed by atoms with van der Waals surface area (Å²) in [5.41, 5.74) is 1.30. The molecule has 0 unspecified atom stereocenters. The number of aliphatic imine (C=N–C) groups is 1. The van der Waals surface area contributed by atoms with Crippen molar-refractivity contribution in [2.24, 2.45) is 4.99 Å². The summed E-state index contributed by atoms with van der Waals surface area (Å²) >= 11 is 0. The molecule has 2 fully saturated rings. The van der Waals surface area contributed by atoms with Crippen molar-refractivity contribution < 1.29 is 9.53 Å². The quantitative estimate of drug-likeness (QED) is 0.362. The van der Waals surface area contributed by atoms with Crippen LogP contribution in [0.1, 0.15) is 58.4 Å². The first kappa shape index (κ1) is 24.4. The molecule has 7 nitrogen and oxygen atoms in total. The Bertz CT molecular complexity index is 737. The van der Waals surface area contributed by atoms with E-state index >= 15 is 0 Å². The van der Waals surface area contributed by atoms with Gasteiger partial charge in [0.05, 0.1) is 6.54 Å². The Labute approximate surface area is 193 Å². The molecule has 0 aromatic heterocycles. The molecule has 1 aliphatic carbocycles. The summed E-state index contributed by atoms with van der Waals surface area (Å²) < 4.78 is 5.58. The normalized spacial score (nSPS) is 17.7. The van der Waals surface area contributed by atoms with E-state index in [1.807, 2.05) is 12.1 Å². The van der Waals surface area contributed by atoms with Crippen molar-refractivity contribution in [3.63, 3.8) is 0 Å². The second kappa shape index (κ2) is 12.1. The monoisotopic (exact) mass is 443 g/mol. The number of amides is 1. The molecular formula is C25H41N5O2. The molecular weight excluding hydrogens is 402 g/mol. The first-order valence-electron chi connectivity index (χ1n) is 12.2. The number of carbonyl (C=O) groups is 1. The Morgan fingerprint density at radius 3 is 2.50 bits per heavy atom. The fraction of sp³-hybridized carbons (Fsp3) is 0.680. The van der Waals surface area contributed by atoms with Crippen molar-refractivity contribution in [3.05, 3.63) is 29.8 Å². The summed E-state index contributed by atoms with van der Waals surface area (Å²) in [6.45, 7) is 11.5. The predicted molar refractivity (Wildman–Crippen MR) is 130 cm³/mol. The molecule has 0 radical (unpaired) electrons. The molecule has 1 aliphatic heterocycles. The van der Waals surface area contributed by atoms with Gasteiger partial charge >= 0.3 is 0 Å². The third-order valence-corrected chi connectivity index (χ3v) is 6.12. The van der Waals surface area contributed by atoms with Crippen molar-refractivity contribution in [2.45, 2.75) is 70.9 Å². The topological polar surface area (TPSA) is 78.0 Å². The van der Waals surface area contributed by atoms with Crippen LogP contribution in [0.5, 0.6) is 5.75 Å². The van der Waals surface area contributed by atoms with Gasteiger partial charge in [-0.05, 0) is 83.7 Å². The number of nitrogens with zero attached hydrogens (tertiary/aromatic N) is 2. The number of nitrogens with one attached hydrogen (secondary N) is 3. The molecule has 1 heterocycles. The van der Waals surface area contributed by atoms with Crippen molar-refractivity contribution >= 4 is 11.9 Å². The van der Waals surface area contributed by atoms with E-state index in [1.54, 1.807) is 0 Å². The summed E-state index contributed by atoms with van der Waals surface area (Å²) in [6.07, 6.45) is 7.01. The maximum absolute atomic E-state index is 11.7. The van der Waals surface area contributed by atoms with Crippen molar-refractivity contribution in [3.8, 4) is 5.75 Å². The molecule has 1 aromatic rings. The van der Waals surface area contributed by atoms with E-state index in [0.29, 0.717) is 6.04 Å². The molecule has 1 saturated heterocycles. The Morgan fingerprint density at radius 2 is 1.84 bits per heavy atom. The highest BCUT2D eigenvalue weighted by Gasteiger charge is 2.27. The first-order chi connectivity index (χ1) is 15.5. The number of guanidine groups is 1. The summed E-state index contributed by atoms with van der Waals surface area (Å²) in [6, 6.07) is 8.34. The molecule has 1 saturated carbocycles. The lowest BCUT2D eigenvalue weighted by atomic mass is 9.99. The largest absolute Gasteiger partial charge is 0.484 e. The van der Waals surface area contributed by atoms with Crippen LogP contribution in [0.4, 0.5) is 0 Å². The van der Waals surface area contributed by atoms with Gasteiger partial charge in [-0.15, -0.1) is 0 Å². The van der Waals surface area contributed by atoms with Crippen molar-refractivity contribution in [1.29, 1.82) is 0 Å². The van der Waals surface area contributed by atoms with Crippen LogP contribution in [0.2, 0.25) is 0 Å². The van der Waals surface area contributed by atoms with Gasteiger partial charge in [-0.25, -0.2) is 0 Å². The number of hydrogen-bond donors (Lipinski definition) is 3. The number of rotatable bonds is 11. The van der Waals surface area contributed by atoms with Gasteiger partial charge in [0.15, 0.2) is 12.6 Å². The van der Waals surface area contributed by atoms with Crippen molar-refractivity contribution in [1.82, 2.24) is 20.9 Å². The zero-order valence-corrected chi connectivity index (χ0v) is 20.1. The summed E-state index contributed by atoms with van der Waals surface area (Å²) in [5.74, 6) is 1.56.